The van der Waals surface area contributed by atoms with Crippen molar-refractivity contribution in [3.8, 4) is 5.75 Å². The van der Waals surface area contributed by atoms with E-state index in [0.29, 0.717) is 13.1 Å². The highest BCUT2D eigenvalue weighted by Crippen LogP contribution is 2.60. The van der Waals surface area contributed by atoms with Crippen LogP contribution in [0.1, 0.15) is 56.7 Å². The molecule has 0 aliphatic carbocycles. The Hall–Kier alpha value is -2.95. The number of fused-ring (bicyclic) bond motifs is 2. The highest BCUT2D eigenvalue weighted by Gasteiger charge is 2.66. The van der Waals surface area contributed by atoms with Gasteiger partial charge in [-0.25, -0.2) is 0 Å². The minimum Gasteiger partial charge on any atom is -0.497 e. The number of methoxy groups -OCH3 is 1. The Labute approximate surface area is 273 Å². The number of carbonyl (C=O) groups is 2. The molecule has 0 aromatic heterocycles. The fraction of sp³-hybridized carbons (Fsp3) is 0.444. The Bertz CT molecular complexity index is 1530. The quantitative estimate of drug-likeness (QED) is 0.289. The third-order valence-electron chi connectivity index (χ3n) is 10.3. The van der Waals surface area contributed by atoms with Gasteiger partial charge in [0, 0.05) is 27.5 Å². The van der Waals surface area contributed by atoms with Crippen LogP contribution in [0, 0.1) is 15.4 Å². The number of hydrogen-bond acceptors (Lipinski definition) is 5. The molecule has 6 rings (SSSR count). The second kappa shape index (κ2) is 12.1. The van der Waals surface area contributed by atoms with Crippen LogP contribution in [-0.2, 0) is 31.9 Å². The Kier molecular flexibility index (Phi) is 8.54. The highest BCUT2D eigenvalue weighted by molar-refractivity contribution is 14.1. The van der Waals surface area contributed by atoms with Crippen LogP contribution in [0.5, 0.6) is 5.75 Å². The summed E-state index contributed by atoms with van der Waals surface area (Å²) in [5, 5.41) is 9.96. The van der Waals surface area contributed by atoms with Crippen molar-refractivity contribution >= 4 is 40.1 Å². The molecule has 3 aliphatic heterocycles. The van der Waals surface area contributed by atoms with E-state index >= 15 is 0 Å². The lowest BCUT2D eigenvalue weighted by atomic mass is 9.63. The molecule has 232 valence electrons. The molecule has 3 aromatic rings. The molecule has 2 saturated heterocycles. The van der Waals surface area contributed by atoms with Crippen LogP contribution in [0.2, 0.25) is 0 Å². The molecule has 3 heterocycles. The summed E-state index contributed by atoms with van der Waals surface area (Å²) in [4.78, 5) is 32.4. The van der Waals surface area contributed by atoms with Gasteiger partial charge in [-0.15, -0.1) is 0 Å². The topological polar surface area (TPSA) is 79.3 Å². The molecule has 1 N–H and O–H groups in total. The molecule has 5 atom stereocenters. The molecule has 8 heteroatoms. The molecule has 0 radical (unpaired) electrons. The van der Waals surface area contributed by atoms with Crippen LogP contribution >= 0.6 is 22.6 Å². The first-order valence-corrected chi connectivity index (χ1v) is 16.6. The fourth-order valence-corrected chi connectivity index (χ4v) is 8.54. The third-order valence-corrected chi connectivity index (χ3v) is 10.9. The molecule has 0 bridgehead atoms. The number of ether oxygens (including phenoxy) is 2. The Morgan fingerprint density at radius 1 is 1.11 bits per heavy atom. The number of halogens is 1. The molecular weight excluding hydrogens is 667 g/mol. The van der Waals surface area contributed by atoms with Gasteiger partial charge in [0.05, 0.1) is 44.5 Å². The van der Waals surface area contributed by atoms with Crippen molar-refractivity contribution in [2.45, 2.75) is 69.7 Å². The molecule has 2 amide bonds. The SMILES string of the molecule is COc1ccc(C(C)(C)[C@H]2[C@H](CC(=O)N3CCC[C@H]3CO)O[C@@]3(C(=O)N(Cc4ccccc4)c4ccc(I)cc43)[C@@H]2C)cc1. The van der Waals surface area contributed by atoms with E-state index in [0.717, 1.165) is 44.5 Å². The number of hydrogen-bond donors (Lipinski definition) is 1. The summed E-state index contributed by atoms with van der Waals surface area (Å²) in [6, 6.07) is 24.1. The zero-order valence-electron chi connectivity index (χ0n) is 25.8. The average molecular weight is 709 g/mol. The molecule has 3 aliphatic rings. The summed E-state index contributed by atoms with van der Waals surface area (Å²) < 4.78 is 13.6. The van der Waals surface area contributed by atoms with Crippen molar-refractivity contribution in [3.63, 3.8) is 0 Å². The second-order valence-corrected chi connectivity index (χ2v) is 14.2. The number of aliphatic hydroxyl groups excluding tert-OH is 1. The first kappa shape index (κ1) is 31.0. The van der Waals surface area contributed by atoms with E-state index in [9.17, 15) is 14.7 Å². The number of aliphatic hydroxyl groups is 1. The van der Waals surface area contributed by atoms with Crippen LogP contribution < -0.4 is 9.64 Å². The van der Waals surface area contributed by atoms with Crippen LogP contribution in [-0.4, -0.2) is 54.2 Å². The average Bonchev–Trinajstić information content (AvgIpc) is 3.68. The summed E-state index contributed by atoms with van der Waals surface area (Å²) in [6.45, 7) is 7.54. The maximum atomic E-state index is 14.8. The van der Waals surface area contributed by atoms with E-state index in [1.54, 1.807) is 7.11 Å². The van der Waals surface area contributed by atoms with Gasteiger partial charge in [0.15, 0.2) is 5.60 Å². The van der Waals surface area contributed by atoms with E-state index in [1.807, 2.05) is 64.4 Å². The van der Waals surface area contributed by atoms with Crippen LogP contribution in [0.3, 0.4) is 0 Å². The van der Waals surface area contributed by atoms with Gasteiger partial charge in [-0.05, 0) is 82.3 Å². The van der Waals surface area contributed by atoms with Crippen LogP contribution in [0.15, 0.2) is 72.8 Å². The van der Waals surface area contributed by atoms with Gasteiger partial charge in [-0.2, -0.15) is 0 Å². The molecule has 0 saturated carbocycles. The van der Waals surface area contributed by atoms with Crippen molar-refractivity contribution < 1.29 is 24.2 Å². The van der Waals surface area contributed by atoms with Crippen molar-refractivity contribution in [1.29, 1.82) is 0 Å². The van der Waals surface area contributed by atoms with Crippen molar-refractivity contribution in [2.24, 2.45) is 11.8 Å². The molecule has 1 spiro atoms. The second-order valence-electron chi connectivity index (χ2n) is 13.0. The normalized spacial score (nSPS) is 26.5. The number of rotatable bonds is 8. The van der Waals surface area contributed by atoms with Crippen molar-refractivity contribution in [3.05, 3.63) is 93.1 Å². The summed E-state index contributed by atoms with van der Waals surface area (Å²) in [6.07, 6.45) is 1.31. The van der Waals surface area contributed by atoms with E-state index in [4.69, 9.17) is 9.47 Å². The first-order valence-electron chi connectivity index (χ1n) is 15.5. The summed E-state index contributed by atoms with van der Waals surface area (Å²) in [7, 11) is 1.65. The lowest BCUT2D eigenvalue weighted by Gasteiger charge is -2.39. The van der Waals surface area contributed by atoms with Gasteiger partial charge < -0.3 is 24.4 Å². The van der Waals surface area contributed by atoms with E-state index in [1.165, 1.54) is 0 Å². The number of likely N-dealkylation sites (tertiary alicyclic amines) is 1. The van der Waals surface area contributed by atoms with E-state index < -0.39 is 17.1 Å². The number of anilines is 1. The lowest BCUT2D eigenvalue weighted by molar-refractivity contribution is -0.150. The maximum Gasteiger partial charge on any atom is 0.264 e. The summed E-state index contributed by atoms with van der Waals surface area (Å²) >= 11 is 2.30. The molecule has 7 nitrogen and oxygen atoms in total. The van der Waals surface area contributed by atoms with Crippen LogP contribution in [0.4, 0.5) is 5.69 Å². The molecule has 0 unspecified atom stereocenters. The van der Waals surface area contributed by atoms with Crippen molar-refractivity contribution in [2.75, 3.05) is 25.2 Å². The first-order chi connectivity index (χ1) is 21.1. The zero-order valence-corrected chi connectivity index (χ0v) is 28.0. The summed E-state index contributed by atoms with van der Waals surface area (Å²) in [5.41, 5.74) is 2.19. The van der Waals surface area contributed by atoms with Gasteiger partial charge in [0.1, 0.15) is 5.75 Å². The fourth-order valence-electron chi connectivity index (χ4n) is 8.05. The van der Waals surface area contributed by atoms with Crippen LogP contribution in [0.25, 0.3) is 0 Å². The standard InChI is InChI=1S/C36H41IN2O5/c1-23-33(35(2,3)25-12-15-28(43-4)16-13-25)31(20-32(41)38-18-8-11-27(38)22-40)44-36(23)29-19-26(37)14-17-30(29)39(34(36)42)21-24-9-6-5-7-10-24/h5-7,9-10,12-17,19,23,27,31,33,40H,8,11,18,20-22H2,1-4H3/t23-,27+,31+,33-,36+/m1/s1. The van der Waals surface area contributed by atoms with Gasteiger partial charge in [0.25, 0.3) is 5.91 Å². The van der Waals surface area contributed by atoms with Gasteiger partial charge in [-0.3, -0.25) is 9.59 Å². The largest absolute Gasteiger partial charge is 0.497 e. The predicted molar refractivity (Wildman–Crippen MR) is 178 cm³/mol. The molecule has 3 aromatic carbocycles. The summed E-state index contributed by atoms with van der Waals surface area (Å²) in [5.74, 6) is 0.265. The smallest absolute Gasteiger partial charge is 0.264 e. The minimum absolute atomic E-state index is 0.0271. The number of amides is 2. The monoisotopic (exact) mass is 708 g/mol. The number of carbonyl (C=O) groups excluding carboxylic acids is 2. The number of benzene rings is 3. The maximum absolute atomic E-state index is 14.8. The van der Waals surface area contributed by atoms with E-state index in [-0.39, 0.29) is 42.7 Å². The Morgan fingerprint density at radius 3 is 2.52 bits per heavy atom. The molecular formula is C36H41IN2O5. The predicted octanol–water partition coefficient (Wildman–Crippen LogP) is 6.04. The van der Waals surface area contributed by atoms with Crippen molar-refractivity contribution in [1.82, 2.24) is 4.90 Å². The number of nitrogens with zero attached hydrogens (tertiary/aromatic N) is 2. The Morgan fingerprint density at radius 2 is 1.84 bits per heavy atom. The Balaban J connectivity index is 1.44. The zero-order chi connectivity index (χ0) is 31.2. The molecule has 44 heavy (non-hydrogen) atoms. The third kappa shape index (κ3) is 5.12. The minimum atomic E-state index is -1.23. The lowest BCUT2D eigenvalue weighted by Crippen LogP contribution is -2.45. The van der Waals surface area contributed by atoms with Gasteiger partial charge in [0.2, 0.25) is 5.91 Å². The highest BCUT2D eigenvalue weighted by atomic mass is 127. The van der Waals surface area contributed by atoms with E-state index in [2.05, 4.69) is 61.6 Å². The molecule has 2 fully saturated rings. The van der Waals surface area contributed by atoms with Gasteiger partial charge >= 0.3 is 0 Å². The van der Waals surface area contributed by atoms with Gasteiger partial charge in [-0.1, -0.05) is 63.2 Å².